The second-order valence-electron chi connectivity index (χ2n) is 8.01. The first-order chi connectivity index (χ1) is 15.6. The number of benzene rings is 2. The van der Waals surface area contributed by atoms with E-state index in [1.807, 2.05) is 19.1 Å². The third-order valence-electron chi connectivity index (χ3n) is 5.73. The Kier molecular flexibility index (Phi) is 7.80. The molecule has 178 valence electrons. The molecule has 0 bridgehead atoms. The summed E-state index contributed by atoms with van der Waals surface area (Å²) in [5.74, 6) is -2.94. The van der Waals surface area contributed by atoms with Crippen LogP contribution in [0.25, 0.3) is 0 Å². The summed E-state index contributed by atoms with van der Waals surface area (Å²) in [4.78, 5) is 23.9. The summed E-state index contributed by atoms with van der Waals surface area (Å²) in [5, 5.41) is 5.72. The molecular weight excluding hydrogens is 452 g/mol. The van der Waals surface area contributed by atoms with E-state index in [0.717, 1.165) is 17.7 Å². The van der Waals surface area contributed by atoms with E-state index >= 15 is 0 Å². The number of nitrogens with zero attached hydrogens (tertiary/aromatic N) is 1. The van der Waals surface area contributed by atoms with Crippen LogP contribution >= 0.6 is 0 Å². The molecular formula is C23H27F2N3O4S. The normalized spacial score (nSPS) is 16.2. The van der Waals surface area contributed by atoms with Crippen LogP contribution in [0, 0.1) is 17.6 Å². The number of carbonyl (C=O) groups excluding carboxylic acids is 2. The zero-order valence-corrected chi connectivity index (χ0v) is 19.3. The Balaban J connectivity index is 1.55. The van der Waals surface area contributed by atoms with E-state index in [-0.39, 0.29) is 41.8 Å². The first-order valence-corrected chi connectivity index (χ1v) is 12.2. The highest BCUT2D eigenvalue weighted by Gasteiger charge is 2.33. The number of sulfonamides is 1. The van der Waals surface area contributed by atoms with E-state index in [2.05, 4.69) is 10.6 Å². The van der Waals surface area contributed by atoms with E-state index in [1.165, 1.54) is 4.31 Å². The largest absolute Gasteiger partial charge is 0.349 e. The molecule has 2 amide bonds. The number of carbonyl (C=O) groups is 2. The van der Waals surface area contributed by atoms with Gasteiger partial charge in [0.2, 0.25) is 21.8 Å². The molecule has 33 heavy (non-hydrogen) atoms. The summed E-state index contributed by atoms with van der Waals surface area (Å²) in [6.07, 6.45) is 1.03. The van der Waals surface area contributed by atoms with Crippen LogP contribution in [0.5, 0.6) is 0 Å². The average Bonchev–Trinajstić information content (AvgIpc) is 2.81. The Morgan fingerprint density at radius 3 is 2.27 bits per heavy atom. The van der Waals surface area contributed by atoms with E-state index in [0.29, 0.717) is 31.0 Å². The SMILES string of the molecule is CCC(=O)Nc1ccc(C(C)NC(=O)C2CCN(S(=O)(=O)c3ccc(F)c(F)c3)CC2)cc1. The Hall–Kier alpha value is -2.85. The predicted molar refractivity (Wildman–Crippen MR) is 120 cm³/mol. The third-order valence-corrected chi connectivity index (χ3v) is 7.62. The molecule has 1 heterocycles. The molecule has 10 heteroatoms. The van der Waals surface area contributed by atoms with Gasteiger partial charge in [0.05, 0.1) is 10.9 Å². The lowest BCUT2D eigenvalue weighted by Crippen LogP contribution is -2.43. The van der Waals surface area contributed by atoms with Crippen LogP contribution in [-0.2, 0) is 19.6 Å². The molecule has 1 atom stereocenters. The lowest BCUT2D eigenvalue weighted by molar-refractivity contribution is -0.126. The van der Waals surface area contributed by atoms with Crippen molar-refractivity contribution in [3.05, 3.63) is 59.7 Å². The summed E-state index contributed by atoms with van der Waals surface area (Å²) < 4.78 is 53.2. The van der Waals surface area contributed by atoms with Gasteiger partial charge in [0.1, 0.15) is 0 Å². The van der Waals surface area contributed by atoms with E-state index in [1.54, 1.807) is 19.1 Å². The summed E-state index contributed by atoms with van der Waals surface area (Å²) >= 11 is 0. The van der Waals surface area contributed by atoms with Crippen LogP contribution in [0.4, 0.5) is 14.5 Å². The Bertz CT molecular complexity index is 1120. The molecule has 0 aliphatic carbocycles. The lowest BCUT2D eigenvalue weighted by Gasteiger charge is -2.31. The van der Waals surface area contributed by atoms with Crippen LogP contribution in [-0.4, -0.2) is 37.6 Å². The molecule has 1 fully saturated rings. The van der Waals surface area contributed by atoms with Crippen LogP contribution in [0.1, 0.15) is 44.7 Å². The van der Waals surface area contributed by atoms with Gasteiger partial charge < -0.3 is 10.6 Å². The number of amides is 2. The van der Waals surface area contributed by atoms with Crippen molar-refractivity contribution in [2.45, 2.75) is 44.0 Å². The number of rotatable bonds is 7. The topological polar surface area (TPSA) is 95.6 Å². The maximum Gasteiger partial charge on any atom is 0.243 e. The minimum Gasteiger partial charge on any atom is -0.349 e. The summed E-state index contributed by atoms with van der Waals surface area (Å²) in [5.41, 5.74) is 1.55. The van der Waals surface area contributed by atoms with Gasteiger partial charge in [-0.15, -0.1) is 0 Å². The monoisotopic (exact) mass is 479 g/mol. The molecule has 2 aromatic carbocycles. The smallest absolute Gasteiger partial charge is 0.243 e. The molecule has 0 aromatic heterocycles. The quantitative estimate of drug-likeness (QED) is 0.635. The van der Waals surface area contributed by atoms with Gasteiger partial charge in [0, 0.05) is 31.1 Å². The molecule has 7 nitrogen and oxygen atoms in total. The Labute approximate surface area is 192 Å². The van der Waals surface area contributed by atoms with Crippen molar-refractivity contribution in [1.82, 2.24) is 9.62 Å². The highest BCUT2D eigenvalue weighted by molar-refractivity contribution is 7.89. The maximum atomic E-state index is 13.5. The van der Waals surface area contributed by atoms with Crippen molar-refractivity contribution < 1.29 is 26.8 Å². The van der Waals surface area contributed by atoms with E-state index in [9.17, 15) is 26.8 Å². The van der Waals surface area contributed by atoms with E-state index in [4.69, 9.17) is 0 Å². The van der Waals surface area contributed by atoms with Gasteiger partial charge in [-0.3, -0.25) is 9.59 Å². The van der Waals surface area contributed by atoms with Crippen LogP contribution in [0.15, 0.2) is 47.4 Å². The maximum absolute atomic E-state index is 13.5. The zero-order valence-electron chi connectivity index (χ0n) is 18.5. The van der Waals surface area contributed by atoms with Crippen LogP contribution < -0.4 is 10.6 Å². The Morgan fingerprint density at radius 2 is 1.70 bits per heavy atom. The first-order valence-electron chi connectivity index (χ1n) is 10.8. The number of nitrogens with one attached hydrogen (secondary N) is 2. The average molecular weight is 480 g/mol. The molecule has 0 saturated carbocycles. The van der Waals surface area contributed by atoms with E-state index < -0.39 is 21.7 Å². The van der Waals surface area contributed by atoms with Crippen molar-refractivity contribution in [3.63, 3.8) is 0 Å². The second-order valence-corrected chi connectivity index (χ2v) is 9.95. The van der Waals surface area contributed by atoms with Gasteiger partial charge >= 0.3 is 0 Å². The standard InChI is InChI=1S/C23H27F2N3O4S/c1-3-22(29)27-18-6-4-16(5-7-18)15(2)26-23(30)17-10-12-28(13-11-17)33(31,32)19-8-9-20(24)21(25)14-19/h4-9,14-15,17H,3,10-13H2,1-2H3,(H,26,30)(H,27,29). The fourth-order valence-electron chi connectivity index (χ4n) is 3.66. The third kappa shape index (κ3) is 5.94. The molecule has 1 unspecified atom stereocenters. The van der Waals surface area contributed by atoms with Crippen LogP contribution in [0.2, 0.25) is 0 Å². The molecule has 2 N–H and O–H groups in total. The van der Waals surface area contributed by atoms with Crippen molar-refractivity contribution in [2.75, 3.05) is 18.4 Å². The summed E-state index contributed by atoms with van der Waals surface area (Å²) in [6.45, 7) is 3.84. The summed E-state index contributed by atoms with van der Waals surface area (Å²) in [7, 11) is -3.97. The molecule has 2 aromatic rings. The van der Waals surface area contributed by atoms with Gasteiger partial charge in [0.15, 0.2) is 11.6 Å². The van der Waals surface area contributed by atoms with Crippen molar-refractivity contribution in [1.29, 1.82) is 0 Å². The highest BCUT2D eigenvalue weighted by atomic mass is 32.2. The van der Waals surface area contributed by atoms with Crippen molar-refractivity contribution in [3.8, 4) is 0 Å². The van der Waals surface area contributed by atoms with Gasteiger partial charge in [0.25, 0.3) is 0 Å². The zero-order chi connectivity index (χ0) is 24.2. The van der Waals surface area contributed by atoms with Gasteiger partial charge in [-0.2, -0.15) is 4.31 Å². The Morgan fingerprint density at radius 1 is 1.06 bits per heavy atom. The summed E-state index contributed by atoms with van der Waals surface area (Å²) in [6, 6.07) is 9.42. The van der Waals surface area contributed by atoms with Gasteiger partial charge in [-0.25, -0.2) is 17.2 Å². The number of anilines is 1. The highest BCUT2D eigenvalue weighted by Crippen LogP contribution is 2.26. The first kappa shape index (κ1) is 24.8. The molecule has 3 rings (SSSR count). The molecule has 1 aliphatic rings. The molecule has 1 saturated heterocycles. The fraction of sp³-hybridized carbons (Fsp3) is 0.391. The predicted octanol–water partition coefficient (Wildman–Crippen LogP) is 3.59. The minimum absolute atomic E-state index is 0.0815. The van der Waals surface area contributed by atoms with Gasteiger partial charge in [-0.05, 0) is 55.7 Å². The number of hydrogen-bond acceptors (Lipinski definition) is 4. The molecule has 0 radical (unpaired) electrons. The minimum atomic E-state index is -3.97. The number of halogens is 2. The number of hydrogen-bond donors (Lipinski definition) is 2. The van der Waals surface area contributed by atoms with Crippen LogP contribution in [0.3, 0.4) is 0 Å². The number of piperidine rings is 1. The van der Waals surface area contributed by atoms with Crippen molar-refractivity contribution >= 4 is 27.5 Å². The van der Waals surface area contributed by atoms with Crippen molar-refractivity contribution in [2.24, 2.45) is 5.92 Å². The second kappa shape index (κ2) is 10.4. The molecule has 1 aliphatic heterocycles. The lowest BCUT2D eigenvalue weighted by atomic mass is 9.96. The molecule has 0 spiro atoms. The fourth-order valence-corrected chi connectivity index (χ4v) is 5.15. The van der Waals surface area contributed by atoms with Gasteiger partial charge in [-0.1, -0.05) is 19.1 Å².